The fraction of sp³-hybridized carbons (Fsp3) is 0.429. The highest BCUT2D eigenvalue weighted by atomic mass is 35.5. The van der Waals surface area contributed by atoms with Crippen molar-refractivity contribution in [3.05, 3.63) is 29.8 Å². The average molecular weight is 318 g/mol. The second kappa shape index (κ2) is 7.62. The van der Waals surface area contributed by atoms with Crippen molar-refractivity contribution in [2.24, 2.45) is 16.1 Å². The molecule has 1 aliphatic heterocycles. The molecule has 1 aromatic carbocycles. The van der Waals surface area contributed by atoms with E-state index in [2.05, 4.69) is 24.2 Å². The highest BCUT2D eigenvalue weighted by Crippen LogP contribution is 2.24. The summed E-state index contributed by atoms with van der Waals surface area (Å²) in [6, 6.07) is 7.44. The van der Waals surface area contributed by atoms with Gasteiger partial charge in [0.1, 0.15) is 5.84 Å². The fourth-order valence-corrected chi connectivity index (χ4v) is 1.75. The van der Waals surface area contributed by atoms with Crippen LogP contribution in [0.5, 0.6) is 0 Å². The summed E-state index contributed by atoms with van der Waals surface area (Å²) in [5, 5.41) is 3.23. The van der Waals surface area contributed by atoms with Crippen molar-refractivity contribution in [2.45, 2.75) is 20.3 Å². The second-order valence-corrected chi connectivity index (χ2v) is 5.40. The van der Waals surface area contributed by atoms with Crippen LogP contribution in [0.25, 0.3) is 0 Å². The van der Waals surface area contributed by atoms with Crippen LogP contribution in [0, 0.1) is 5.41 Å². The molecule has 6 heteroatoms. The Kier molecular flexibility index (Phi) is 7.20. The van der Waals surface area contributed by atoms with E-state index >= 15 is 0 Å². The van der Waals surface area contributed by atoms with Gasteiger partial charge in [0.15, 0.2) is 5.78 Å². The summed E-state index contributed by atoms with van der Waals surface area (Å²) in [6.07, 6.45) is 0.345. The number of hydrogen-bond donors (Lipinski definition) is 2. The summed E-state index contributed by atoms with van der Waals surface area (Å²) in [5.74, 6) is 0.855. The number of fused-ring (bicyclic) bond motifs is 1. The molecule has 0 aromatic heterocycles. The Balaban J connectivity index is 0.00000180. The van der Waals surface area contributed by atoms with Crippen molar-refractivity contribution in [3.63, 3.8) is 0 Å². The molecule has 0 unspecified atom stereocenters. The molecule has 0 fully saturated rings. The van der Waals surface area contributed by atoms with Gasteiger partial charge in [-0.25, -0.2) is 4.99 Å². The number of ketones is 1. The van der Waals surface area contributed by atoms with Crippen LogP contribution in [0.2, 0.25) is 0 Å². The Hall–Kier alpha value is -1.10. The summed E-state index contributed by atoms with van der Waals surface area (Å²) in [7, 11) is 0. The molecule has 0 amide bonds. The molecule has 1 heterocycles. The van der Waals surface area contributed by atoms with E-state index in [1.807, 2.05) is 24.3 Å². The van der Waals surface area contributed by atoms with E-state index in [1.54, 1.807) is 0 Å². The number of benzene rings is 1. The lowest BCUT2D eigenvalue weighted by molar-refractivity contribution is 0.0998. The Morgan fingerprint density at radius 3 is 2.60 bits per heavy atom. The van der Waals surface area contributed by atoms with Crippen molar-refractivity contribution < 1.29 is 4.79 Å². The van der Waals surface area contributed by atoms with Crippen molar-refractivity contribution in [1.29, 1.82) is 0 Å². The molecular weight excluding hydrogens is 297 g/mol. The lowest BCUT2D eigenvalue weighted by atomic mass is 9.93. The third kappa shape index (κ3) is 4.47. The molecule has 0 bridgehead atoms. The molecule has 0 atom stereocenters. The summed E-state index contributed by atoms with van der Waals surface area (Å²) >= 11 is 0. The standard InChI is InChI=1S/C14H19N3O.2ClH/c1-14(2,8-15)9-16-13-7-12(18)10-5-3-4-6-11(10)17-13;;/h3-6H,7-9,15H2,1-2H3,(H,16,17);2*1H. The van der Waals surface area contributed by atoms with Crippen molar-refractivity contribution in [1.82, 2.24) is 5.32 Å². The van der Waals surface area contributed by atoms with Gasteiger partial charge in [0.05, 0.1) is 12.1 Å². The first-order chi connectivity index (χ1) is 8.52. The maximum absolute atomic E-state index is 11.9. The third-order valence-electron chi connectivity index (χ3n) is 3.11. The van der Waals surface area contributed by atoms with Gasteiger partial charge < -0.3 is 11.1 Å². The van der Waals surface area contributed by atoms with Crippen LogP contribution in [0.4, 0.5) is 5.69 Å². The lowest BCUT2D eigenvalue weighted by Gasteiger charge is -2.25. The number of carbonyl (C=O) groups excluding carboxylic acids is 1. The normalized spacial score (nSPS) is 13.6. The first-order valence-electron chi connectivity index (χ1n) is 6.15. The number of nitrogens with one attached hydrogen (secondary N) is 1. The van der Waals surface area contributed by atoms with Gasteiger partial charge in [-0.3, -0.25) is 4.79 Å². The van der Waals surface area contributed by atoms with Crippen molar-refractivity contribution >= 4 is 42.1 Å². The molecule has 3 N–H and O–H groups in total. The van der Waals surface area contributed by atoms with Gasteiger partial charge in [-0.15, -0.1) is 24.8 Å². The number of aliphatic imine (C=N–C) groups is 1. The monoisotopic (exact) mass is 317 g/mol. The van der Waals surface area contributed by atoms with Crippen LogP contribution >= 0.6 is 24.8 Å². The van der Waals surface area contributed by atoms with Gasteiger partial charge in [-0.1, -0.05) is 26.0 Å². The molecule has 1 aromatic rings. The molecule has 4 nitrogen and oxygen atoms in total. The quantitative estimate of drug-likeness (QED) is 0.900. The first kappa shape index (κ1) is 18.9. The van der Waals surface area contributed by atoms with E-state index in [9.17, 15) is 4.79 Å². The van der Waals surface area contributed by atoms with Gasteiger partial charge in [-0.05, 0) is 24.1 Å². The van der Waals surface area contributed by atoms with E-state index in [0.717, 1.165) is 18.1 Å². The van der Waals surface area contributed by atoms with E-state index in [-0.39, 0.29) is 36.0 Å². The molecule has 1 aliphatic rings. The highest BCUT2D eigenvalue weighted by molar-refractivity contribution is 6.15. The maximum atomic E-state index is 11.9. The summed E-state index contributed by atoms with van der Waals surface area (Å²) in [5.41, 5.74) is 7.14. The zero-order valence-electron chi connectivity index (χ0n) is 11.7. The van der Waals surface area contributed by atoms with E-state index < -0.39 is 0 Å². The van der Waals surface area contributed by atoms with Crippen LogP contribution in [-0.2, 0) is 0 Å². The number of Topliss-reactive ketones (excluding diaryl/α,β-unsaturated/α-hetero) is 1. The fourth-order valence-electron chi connectivity index (χ4n) is 1.75. The molecule has 0 aliphatic carbocycles. The van der Waals surface area contributed by atoms with Crippen molar-refractivity contribution in [3.8, 4) is 0 Å². The van der Waals surface area contributed by atoms with Crippen LogP contribution in [-0.4, -0.2) is 24.7 Å². The number of halogens is 2. The molecule has 20 heavy (non-hydrogen) atoms. The lowest BCUT2D eigenvalue weighted by Crippen LogP contribution is -2.39. The van der Waals surface area contributed by atoms with Gasteiger partial charge >= 0.3 is 0 Å². The number of hydrogen-bond acceptors (Lipinski definition) is 4. The van der Waals surface area contributed by atoms with E-state index in [0.29, 0.717) is 18.5 Å². The Labute approximate surface area is 132 Å². The third-order valence-corrected chi connectivity index (χ3v) is 3.11. The number of amidine groups is 1. The van der Waals surface area contributed by atoms with E-state index in [1.165, 1.54) is 0 Å². The predicted molar refractivity (Wildman–Crippen MR) is 87.8 cm³/mol. The first-order valence-corrected chi connectivity index (χ1v) is 6.15. The smallest absolute Gasteiger partial charge is 0.172 e. The summed E-state index contributed by atoms with van der Waals surface area (Å²) in [4.78, 5) is 16.4. The largest absolute Gasteiger partial charge is 0.373 e. The van der Waals surface area contributed by atoms with Gasteiger partial charge in [-0.2, -0.15) is 0 Å². The number of carbonyl (C=O) groups is 1. The van der Waals surface area contributed by atoms with E-state index in [4.69, 9.17) is 5.73 Å². The maximum Gasteiger partial charge on any atom is 0.172 e. The van der Waals surface area contributed by atoms with Gasteiger partial charge in [0, 0.05) is 12.1 Å². The zero-order valence-corrected chi connectivity index (χ0v) is 13.3. The molecule has 0 spiro atoms. The second-order valence-electron chi connectivity index (χ2n) is 5.40. The van der Waals surface area contributed by atoms with Crippen LogP contribution in [0.1, 0.15) is 30.6 Å². The summed E-state index contributed by atoms with van der Waals surface area (Å²) in [6.45, 7) is 5.48. The predicted octanol–water partition coefficient (Wildman–Crippen LogP) is 2.72. The number of nitrogens with zero attached hydrogens (tertiary/aromatic N) is 1. The minimum Gasteiger partial charge on any atom is -0.373 e. The molecule has 0 saturated heterocycles. The number of nitrogens with two attached hydrogens (primary N) is 1. The minimum atomic E-state index is 0. The zero-order chi connectivity index (χ0) is 13.2. The molecule has 112 valence electrons. The Bertz CT molecular complexity index is 501. The van der Waals surface area contributed by atoms with Crippen molar-refractivity contribution in [2.75, 3.05) is 13.1 Å². The SMILES string of the molecule is CC(C)(CN)CNC1=Nc2ccccc2C(=O)C1.Cl.Cl. The molecule has 0 saturated carbocycles. The van der Waals surface area contributed by atoms with Gasteiger partial charge in [0.2, 0.25) is 0 Å². The van der Waals surface area contributed by atoms with Gasteiger partial charge in [0.25, 0.3) is 0 Å². The Morgan fingerprint density at radius 2 is 1.95 bits per heavy atom. The highest BCUT2D eigenvalue weighted by Gasteiger charge is 2.21. The molecular formula is C14H21Cl2N3O. The van der Waals surface area contributed by atoms with Crippen LogP contribution in [0.3, 0.4) is 0 Å². The molecule has 0 radical (unpaired) electrons. The molecule has 2 rings (SSSR count). The topological polar surface area (TPSA) is 67.5 Å². The van der Waals surface area contributed by atoms with Crippen LogP contribution < -0.4 is 11.1 Å². The Morgan fingerprint density at radius 1 is 1.30 bits per heavy atom. The van der Waals surface area contributed by atoms with Crippen LogP contribution in [0.15, 0.2) is 29.3 Å². The number of para-hydroxylation sites is 1. The minimum absolute atomic E-state index is 0. The summed E-state index contributed by atoms with van der Waals surface area (Å²) < 4.78 is 0. The average Bonchev–Trinajstić information content (AvgIpc) is 2.37. The number of rotatable bonds is 3.